The van der Waals surface area contributed by atoms with Crippen LogP contribution in [0.3, 0.4) is 0 Å². The van der Waals surface area contributed by atoms with E-state index in [9.17, 15) is 4.79 Å². The predicted molar refractivity (Wildman–Crippen MR) is 60.2 cm³/mol. The van der Waals surface area contributed by atoms with E-state index in [1.807, 2.05) is 24.3 Å². The molecule has 0 fully saturated rings. The molecule has 1 rings (SSSR count). The van der Waals surface area contributed by atoms with Crippen molar-refractivity contribution in [2.24, 2.45) is 0 Å². The Hall–Kier alpha value is -1.37. The molecular weight excluding hydrogens is 172 g/mol. The van der Waals surface area contributed by atoms with Gasteiger partial charge in [0, 0.05) is 0 Å². The minimum absolute atomic E-state index is 0.544. The second-order valence-electron chi connectivity index (χ2n) is 3.43. The van der Waals surface area contributed by atoms with Gasteiger partial charge in [0.2, 0.25) is 0 Å². The number of allylic oxidation sites excluding steroid dienone is 1. The number of aldehydes is 1. The number of benzene rings is 1. The summed E-state index contributed by atoms with van der Waals surface area (Å²) >= 11 is 0. The van der Waals surface area contributed by atoms with Gasteiger partial charge in [-0.15, -0.1) is 0 Å². The van der Waals surface area contributed by atoms with Crippen molar-refractivity contribution in [3.8, 4) is 0 Å². The Bertz CT molecular complexity index is 326. The zero-order valence-corrected chi connectivity index (χ0v) is 8.73. The lowest BCUT2D eigenvalue weighted by Crippen LogP contribution is -1.94. The van der Waals surface area contributed by atoms with Crippen molar-refractivity contribution in [1.29, 1.82) is 0 Å². The zero-order valence-electron chi connectivity index (χ0n) is 8.73. The minimum atomic E-state index is 0.544. The highest BCUT2D eigenvalue weighted by molar-refractivity contribution is 5.74. The quantitative estimate of drug-likeness (QED) is 0.522. The van der Waals surface area contributed by atoms with E-state index >= 15 is 0 Å². The lowest BCUT2D eigenvalue weighted by Gasteiger charge is -2.11. The van der Waals surface area contributed by atoms with Gasteiger partial charge in [-0.2, -0.15) is 0 Å². The third-order valence-electron chi connectivity index (χ3n) is 2.49. The van der Waals surface area contributed by atoms with Crippen LogP contribution in [0.2, 0.25) is 0 Å². The third kappa shape index (κ3) is 2.56. The summed E-state index contributed by atoms with van der Waals surface area (Å²) in [5.74, 6) is 0.544. The van der Waals surface area contributed by atoms with Crippen LogP contribution in [0, 0.1) is 0 Å². The molecule has 0 heterocycles. The van der Waals surface area contributed by atoms with Crippen LogP contribution in [0.5, 0.6) is 0 Å². The summed E-state index contributed by atoms with van der Waals surface area (Å²) in [6, 6.07) is 8.20. The lowest BCUT2D eigenvalue weighted by molar-refractivity contribution is -0.104. The van der Waals surface area contributed by atoms with Crippen LogP contribution >= 0.6 is 0 Å². The number of carbonyl (C=O) groups excluding carboxylic acids is 1. The summed E-state index contributed by atoms with van der Waals surface area (Å²) in [7, 11) is 0. The van der Waals surface area contributed by atoms with Crippen molar-refractivity contribution in [3.63, 3.8) is 0 Å². The molecule has 0 N–H and O–H groups in total. The minimum Gasteiger partial charge on any atom is -0.299 e. The molecule has 0 amide bonds. The summed E-state index contributed by atoms with van der Waals surface area (Å²) in [5, 5.41) is 0. The van der Waals surface area contributed by atoms with Crippen LogP contribution in [-0.4, -0.2) is 6.29 Å². The van der Waals surface area contributed by atoms with E-state index in [0.29, 0.717) is 5.92 Å². The first-order valence-electron chi connectivity index (χ1n) is 5.00. The van der Waals surface area contributed by atoms with Crippen LogP contribution < -0.4 is 0 Å². The first kappa shape index (κ1) is 10.7. The van der Waals surface area contributed by atoms with Gasteiger partial charge in [-0.3, -0.25) is 4.79 Å². The van der Waals surface area contributed by atoms with E-state index in [1.54, 1.807) is 6.08 Å². The van der Waals surface area contributed by atoms with Gasteiger partial charge in [-0.1, -0.05) is 44.2 Å². The van der Waals surface area contributed by atoms with Crippen molar-refractivity contribution in [3.05, 3.63) is 41.5 Å². The maximum absolute atomic E-state index is 10.2. The summed E-state index contributed by atoms with van der Waals surface area (Å²) in [4.78, 5) is 10.2. The monoisotopic (exact) mass is 188 g/mol. The number of hydrogen-bond donors (Lipinski definition) is 0. The van der Waals surface area contributed by atoms with Gasteiger partial charge in [0.05, 0.1) is 0 Å². The standard InChI is InChI=1S/C13H16O/c1-3-11(2)13-9-5-4-7-12(13)8-6-10-14/h4-11H,3H2,1-2H3/b8-6+. The molecule has 1 atom stereocenters. The topological polar surface area (TPSA) is 17.1 Å². The predicted octanol–water partition coefficient (Wildman–Crippen LogP) is 3.41. The average molecular weight is 188 g/mol. The van der Waals surface area contributed by atoms with Gasteiger partial charge in [-0.05, 0) is 29.5 Å². The van der Waals surface area contributed by atoms with Crippen LogP contribution in [0.25, 0.3) is 6.08 Å². The Balaban J connectivity index is 3.02. The Morgan fingerprint density at radius 3 is 2.71 bits per heavy atom. The van der Waals surface area contributed by atoms with Gasteiger partial charge in [0.1, 0.15) is 6.29 Å². The van der Waals surface area contributed by atoms with Crippen LogP contribution in [0.1, 0.15) is 37.3 Å². The van der Waals surface area contributed by atoms with Crippen LogP contribution in [0.4, 0.5) is 0 Å². The van der Waals surface area contributed by atoms with Gasteiger partial charge in [-0.25, -0.2) is 0 Å². The zero-order chi connectivity index (χ0) is 10.4. The SMILES string of the molecule is CCC(C)c1ccccc1/C=C/C=O. The van der Waals surface area contributed by atoms with Gasteiger partial charge < -0.3 is 0 Å². The van der Waals surface area contributed by atoms with Crippen molar-refractivity contribution in [2.75, 3.05) is 0 Å². The molecule has 1 unspecified atom stereocenters. The highest BCUT2D eigenvalue weighted by Gasteiger charge is 2.05. The second-order valence-corrected chi connectivity index (χ2v) is 3.43. The third-order valence-corrected chi connectivity index (χ3v) is 2.49. The fraction of sp³-hybridized carbons (Fsp3) is 0.308. The van der Waals surface area contributed by atoms with Crippen LogP contribution in [-0.2, 0) is 4.79 Å². The molecule has 1 heteroatoms. The first-order chi connectivity index (χ1) is 6.79. The molecule has 0 bridgehead atoms. The van der Waals surface area contributed by atoms with E-state index in [1.165, 1.54) is 5.56 Å². The highest BCUT2D eigenvalue weighted by atomic mass is 16.1. The van der Waals surface area contributed by atoms with Crippen molar-refractivity contribution >= 4 is 12.4 Å². The van der Waals surface area contributed by atoms with E-state index in [0.717, 1.165) is 18.3 Å². The summed E-state index contributed by atoms with van der Waals surface area (Å²) in [6.07, 6.45) is 5.34. The highest BCUT2D eigenvalue weighted by Crippen LogP contribution is 2.23. The summed E-state index contributed by atoms with van der Waals surface area (Å²) < 4.78 is 0. The molecule has 0 aliphatic rings. The van der Waals surface area contributed by atoms with Gasteiger partial charge in [0.25, 0.3) is 0 Å². The fourth-order valence-electron chi connectivity index (χ4n) is 1.47. The maximum Gasteiger partial charge on any atom is 0.142 e. The van der Waals surface area contributed by atoms with E-state index in [2.05, 4.69) is 19.9 Å². The maximum atomic E-state index is 10.2. The molecule has 0 aliphatic carbocycles. The Kier molecular flexibility index (Phi) is 4.11. The average Bonchev–Trinajstić information content (AvgIpc) is 2.25. The number of hydrogen-bond acceptors (Lipinski definition) is 1. The van der Waals surface area contributed by atoms with Gasteiger partial charge >= 0.3 is 0 Å². The number of carbonyl (C=O) groups is 1. The summed E-state index contributed by atoms with van der Waals surface area (Å²) in [5.41, 5.74) is 2.46. The number of rotatable bonds is 4. The molecule has 0 radical (unpaired) electrons. The van der Waals surface area contributed by atoms with Crippen molar-refractivity contribution in [1.82, 2.24) is 0 Å². The molecule has 74 valence electrons. The summed E-state index contributed by atoms with van der Waals surface area (Å²) in [6.45, 7) is 4.37. The molecule has 1 aromatic carbocycles. The molecule has 0 saturated heterocycles. The van der Waals surface area contributed by atoms with E-state index in [-0.39, 0.29) is 0 Å². The molecule has 0 spiro atoms. The van der Waals surface area contributed by atoms with Crippen molar-refractivity contribution in [2.45, 2.75) is 26.2 Å². The molecule has 0 saturated carbocycles. The molecule has 0 aliphatic heterocycles. The smallest absolute Gasteiger partial charge is 0.142 e. The first-order valence-corrected chi connectivity index (χ1v) is 5.00. The van der Waals surface area contributed by atoms with Crippen LogP contribution in [0.15, 0.2) is 30.3 Å². The Labute approximate surface area is 85.5 Å². The lowest BCUT2D eigenvalue weighted by atomic mass is 9.93. The normalized spacial score (nSPS) is 13.0. The molecular formula is C13H16O. The largest absolute Gasteiger partial charge is 0.299 e. The fourth-order valence-corrected chi connectivity index (χ4v) is 1.47. The van der Waals surface area contributed by atoms with E-state index < -0.39 is 0 Å². The Morgan fingerprint density at radius 1 is 1.36 bits per heavy atom. The molecule has 1 aromatic rings. The van der Waals surface area contributed by atoms with E-state index in [4.69, 9.17) is 0 Å². The second kappa shape index (κ2) is 5.38. The van der Waals surface area contributed by atoms with Gasteiger partial charge in [0.15, 0.2) is 0 Å². The Morgan fingerprint density at radius 2 is 2.07 bits per heavy atom. The molecule has 14 heavy (non-hydrogen) atoms. The molecule has 0 aromatic heterocycles. The molecule has 1 nitrogen and oxygen atoms in total. The van der Waals surface area contributed by atoms with Crippen molar-refractivity contribution < 1.29 is 4.79 Å².